The summed E-state index contributed by atoms with van der Waals surface area (Å²) in [4.78, 5) is 12.9. The highest BCUT2D eigenvalue weighted by Crippen LogP contribution is 2.26. The molecule has 3 aromatic carbocycles. The summed E-state index contributed by atoms with van der Waals surface area (Å²) in [5, 5.41) is 3.45. The summed E-state index contributed by atoms with van der Waals surface area (Å²) in [7, 11) is -2.43. The van der Waals surface area contributed by atoms with E-state index in [4.69, 9.17) is 16.3 Å². The number of methoxy groups -OCH3 is 1. The van der Waals surface area contributed by atoms with Crippen LogP contribution in [0.15, 0.2) is 83.8 Å². The number of carbonyl (C=O) groups is 1. The number of carbonyl (C=O) groups excluding carboxylic acids is 1. The quantitative estimate of drug-likeness (QED) is 0.542. The first kappa shape index (κ1) is 22.7. The maximum atomic E-state index is 13.3. The molecule has 1 unspecified atom stereocenters. The minimum Gasteiger partial charge on any atom is -0.497 e. The first-order valence-electron chi connectivity index (χ1n) is 9.58. The van der Waals surface area contributed by atoms with E-state index in [0.717, 1.165) is 9.87 Å². The number of sulfonamides is 1. The van der Waals surface area contributed by atoms with Crippen molar-refractivity contribution in [3.8, 4) is 5.75 Å². The lowest BCUT2D eigenvalue weighted by atomic mass is 10.1. The van der Waals surface area contributed by atoms with E-state index in [1.54, 1.807) is 54.6 Å². The Hall–Kier alpha value is -3.03. The molecule has 31 heavy (non-hydrogen) atoms. The fourth-order valence-corrected chi connectivity index (χ4v) is 4.60. The number of nitrogens with zero attached hydrogens (tertiary/aromatic N) is 1. The topological polar surface area (TPSA) is 75.7 Å². The Kier molecular flexibility index (Phi) is 7.20. The van der Waals surface area contributed by atoms with Gasteiger partial charge in [-0.3, -0.25) is 9.10 Å². The van der Waals surface area contributed by atoms with Crippen LogP contribution in [0.3, 0.4) is 0 Å². The Bertz CT molecular complexity index is 1120. The molecule has 0 aliphatic carbocycles. The number of hydrogen-bond donors (Lipinski definition) is 1. The van der Waals surface area contributed by atoms with Crippen molar-refractivity contribution in [2.24, 2.45) is 0 Å². The molecule has 6 nitrogen and oxygen atoms in total. The summed E-state index contributed by atoms with van der Waals surface area (Å²) in [5.41, 5.74) is 1.22. The molecule has 3 rings (SSSR count). The predicted octanol–water partition coefficient (Wildman–Crippen LogP) is 4.42. The van der Waals surface area contributed by atoms with Crippen molar-refractivity contribution in [3.63, 3.8) is 0 Å². The van der Waals surface area contributed by atoms with Gasteiger partial charge in [-0.15, -0.1) is 0 Å². The standard InChI is InChI=1S/C23H23ClN2O4S/c1-17(18-8-10-19(24)11-9-18)25-23(27)16-26(20-12-14-21(30-2)15-13-20)31(28,29)22-6-4-3-5-7-22/h3-15,17H,16H2,1-2H3,(H,25,27). The first-order chi connectivity index (χ1) is 14.8. The lowest BCUT2D eigenvalue weighted by Gasteiger charge is -2.25. The molecule has 8 heteroatoms. The zero-order valence-corrected chi connectivity index (χ0v) is 18.7. The fourth-order valence-electron chi connectivity index (χ4n) is 3.04. The van der Waals surface area contributed by atoms with Gasteiger partial charge in [0.15, 0.2) is 0 Å². The number of nitrogens with one attached hydrogen (secondary N) is 1. The summed E-state index contributed by atoms with van der Waals surface area (Å²) in [6.07, 6.45) is 0. The highest BCUT2D eigenvalue weighted by atomic mass is 35.5. The van der Waals surface area contributed by atoms with E-state index in [0.29, 0.717) is 16.5 Å². The zero-order valence-electron chi connectivity index (χ0n) is 17.2. The van der Waals surface area contributed by atoms with Crippen LogP contribution in [0.5, 0.6) is 5.75 Å². The molecular weight excluding hydrogens is 436 g/mol. The van der Waals surface area contributed by atoms with Crippen molar-refractivity contribution >= 4 is 33.2 Å². The third-order valence-electron chi connectivity index (χ3n) is 4.73. The molecular formula is C23H23ClN2O4S. The van der Waals surface area contributed by atoms with Crippen LogP contribution in [0, 0.1) is 0 Å². The van der Waals surface area contributed by atoms with Gasteiger partial charge in [0.2, 0.25) is 5.91 Å². The van der Waals surface area contributed by atoms with Crippen LogP contribution < -0.4 is 14.4 Å². The maximum Gasteiger partial charge on any atom is 0.264 e. The number of amides is 1. The molecule has 0 aliphatic heterocycles. The Morgan fingerprint density at radius 3 is 2.19 bits per heavy atom. The van der Waals surface area contributed by atoms with E-state index >= 15 is 0 Å². The average molecular weight is 459 g/mol. The van der Waals surface area contributed by atoms with Crippen molar-refractivity contribution in [2.75, 3.05) is 18.0 Å². The second kappa shape index (κ2) is 9.85. The third kappa shape index (κ3) is 5.57. The number of halogens is 1. The van der Waals surface area contributed by atoms with Crippen LogP contribution in [0.4, 0.5) is 5.69 Å². The van der Waals surface area contributed by atoms with Gasteiger partial charge >= 0.3 is 0 Å². The summed E-state index contributed by atoms with van der Waals surface area (Å²) in [5.74, 6) is 0.152. The Balaban J connectivity index is 1.87. The monoisotopic (exact) mass is 458 g/mol. The van der Waals surface area contributed by atoms with Gasteiger partial charge in [-0.2, -0.15) is 0 Å². The van der Waals surface area contributed by atoms with Crippen LogP contribution in [0.1, 0.15) is 18.5 Å². The minimum absolute atomic E-state index is 0.101. The van der Waals surface area contributed by atoms with E-state index in [2.05, 4.69) is 5.32 Å². The van der Waals surface area contributed by atoms with Gasteiger partial charge in [-0.25, -0.2) is 8.42 Å². The Labute approximate surface area is 187 Å². The molecule has 1 amide bonds. The lowest BCUT2D eigenvalue weighted by Crippen LogP contribution is -2.41. The highest BCUT2D eigenvalue weighted by molar-refractivity contribution is 7.92. The Morgan fingerprint density at radius 1 is 1.00 bits per heavy atom. The van der Waals surface area contributed by atoms with E-state index in [9.17, 15) is 13.2 Å². The fraction of sp³-hybridized carbons (Fsp3) is 0.174. The van der Waals surface area contributed by atoms with Crippen molar-refractivity contribution in [3.05, 3.63) is 89.4 Å². The molecule has 162 valence electrons. The zero-order chi connectivity index (χ0) is 22.4. The van der Waals surface area contributed by atoms with E-state index in [1.807, 2.05) is 19.1 Å². The van der Waals surface area contributed by atoms with Crippen molar-refractivity contribution < 1.29 is 17.9 Å². The van der Waals surface area contributed by atoms with Crippen molar-refractivity contribution in [2.45, 2.75) is 17.9 Å². The number of benzene rings is 3. The van der Waals surface area contributed by atoms with Gasteiger partial charge in [0.1, 0.15) is 12.3 Å². The molecule has 0 aliphatic rings. The summed E-state index contributed by atoms with van der Waals surface area (Å²) < 4.78 is 32.9. The van der Waals surface area contributed by atoms with Gasteiger partial charge in [-0.1, -0.05) is 41.9 Å². The minimum atomic E-state index is -3.96. The SMILES string of the molecule is COc1ccc(N(CC(=O)NC(C)c2ccc(Cl)cc2)S(=O)(=O)c2ccccc2)cc1. The predicted molar refractivity (Wildman–Crippen MR) is 122 cm³/mol. The normalized spacial score (nSPS) is 12.1. The molecule has 0 heterocycles. The smallest absolute Gasteiger partial charge is 0.264 e. The van der Waals surface area contributed by atoms with Crippen LogP contribution in [0.25, 0.3) is 0 Å². The number of ether oxygens (including phenoxy) is 1. The maximum absolute atomic E-state index is 13.3. The van der Waals surface area contributed by atoms with E-state index < -0.39 is 15.9 Å². The second-order valence-electron chi connectivity index (χ2n) is 6.86. The van der Waals surface area contributed by atoms with Gasteiger partial charge < -0.3 is 10.1 Å². The van der Waals surface area contributed by atoms with Crippen LogP contribution in [-0.2, 0) is 14.8 Å². The molecule has 0 fully saturated rings. The highest BCUT2D eigenvalue weighted by Gasteiger charge is 2.27. The molecule has 0 spiro atoms. The number of rotatable bonds is 8. The molecule has 0 aromatic heterocycles. The second-order valence-corrected chi connectivity index (χ2v) is 9.16. The third-order valence-corrected chi connectivity index (χ3v) is 6.77. The molecule has 0 saturated heterocycles. The number of hydrogen-bond acceptors (Lipinski definition) is 4. The van der Waals surface area contributed by atoms with Crippen molar-refractivity contribution in [1.29, 1.82) is 0 Å². The molecule has 3 aromatic rings. The summed E-state index contributed by atoms with van der Waals surface area (Å²) in [6.45, 7) is 1.45. The van der Waals surface area contributed by atoms with Crippen molar-refractivity contribution in [1.82, 2.24) is 5.32 Å². The largest absolute Gasteiger partial charge is 0.497 e. The summed E-state index contributed by atoms with van der Waals surface area (Å²) in [6, 6.07) is 21.3. The van der Waals surface area contributed by atoms with Gasteiger partial charge in [0.05, 0.1) is 23.7 Å². The van der Waals surface area contributed by atoms with Gasteiger partial charge in [0.25, 0.3) is 10.0 Å². The lowest BCUT2D eigenvalue weighted by molar-refractivity contribution is -0.120. The van der Waals surface area contributed by atoms with Crippen LogP contribution in [0.2, 0.25) is 5.02 Å². The van der Waals surface area contributed by atoms with Gasteiger partial charge in [-0.05, 0) is 61.0 Å². The molecule has 0 radical (unpaired) electrons. The first-order valence-corrected chi connectivity index (χ1v) is 11.4. The van der Waals surface area contributed by atoms with E-state index in [-0.39, 0.29) is 17.5 Å². The number of anilines is 1. The molecule has 0 bridgehead atoms. The summed E-state index contributed by atoms with van der Waals surface area (Å²) >= 11 is 5.92. The Morgan fingerprint density at radius 2 is 1.61 bits per heavy atom. The molecule has 1 N–H and O–H groups in total. The van der Waals surface area contributed by atoms with E-state index in [1.165, 1.54) is 19.2 Å². The average Bonchev–Trinajstić information content (AvgIpc) is 2.78. The molecule has 0 saturated carbocycles. The molecule has 1 atom stereocenters. The van der Waals surface area contributed by atoms with Crippen LogP contribution >= 0.6 is 11.6 Å². The van der Waals surface area contributed by atoms with Gasteiger partial charge in [0, 0.05) is 5.02 Å². The van der Waals surface area contributed by atoms with Crippen LogP contribution in [-0.4, -0.2) is 28.0 Å².